The van der Waals surface area contributed by atoms with Gasteiger partial charge in [-0.2, -0.15) is 0 Å². The smallest absolute Gasteiger partial charge is 0.315 e. The Bertz CT molecular complexity index is 556. The molecule has 1 heterocycles. The lowest BCUT2D eigenvalue weighted by Crippen LogP contribution is -2.44. The Hall–Kier alpha value is -1.91. The number of benzene rings is 1. The van der Waals surface area contributed by atoms with Crippen LogP contribution >= 0.6 is 0 Å². The van der Waals surface area contributed by atoms with E-state index < -0.39 is 0 Å². The lowest BCUT2D eigenvalue weighted by atomic mass is 9.83. The number of fused-ring (bicyclic) bond motifs is 1. The van der Waals surface area contributed by atoms with Gasteiger partial charge >= 0.3 is 6.03 Å². The molecule has 3 rings (SSSR count). The molecule has 2 aliphatic rings. The fraction of sp³-hybridized carbons (Fsp3) is 0.650. The maximum atomic E-state index is 12.1. The van der Waals surface area contributed by atoms with E-state index in [2.05, 4.69) is 17.6 Å². The molecule has 138 valence electrons. The van der Waals surface area contributed by atoms with Crippen LogP contribution in [0.5, 0.6) is 11.5 Å². The van der Waals surface area contributed by atoms with Gasteiger partial charge in [0.1, 0.15) is 12.7 Å². The minimum absolute atomic E-state index is 0.0142. The van der Waals surface area contributed by atoms with Gasteiger partial charge in [0.2, 0.25) is 0 Å². The predicted octanol–water partition coefficient (Wildman–Crippen LogP) is 3.87. The Morgan fingerprint density at radius 1 is 1.12 bits per heavy atom. The zero-order chi connectivity index (χ0) is 17.5. The van der Waals surface area contributed by atoms with Crippen LogP contribution in [0.1, 0.15) is 51.9 Å². The highest BCUT2D eigenvalue weighted by Gasteiger charge is 2.23. The normalized spacial score (nSPS) is 25.2. The molecule has 0 radical (unpaired) electrons. The summed E-state index contributed by atoms with van der Waals surface area (Å²) in [5.41, 5.74) is 0. The van der Waals surface area contributed by atoms with E-state index in [0.717, 1.165) is 36.7 Å². The van der Waals surface area contributed by atoms with E-state index in [1.165, 1.54) is 25.7 Å². The quantitative estimate of drug-likeness (QED) is 0.822. The lowest BCUT2D eigenvalue weighted by molar-refractivity contribution is 0.0853. The van der Waals surface area contributed by atoms with E-state index in [1.54, 1.807) is 0 Å². The first-order valence-corrected chi connectivity index (χ1v) is 9.67. The third-order valence-electron chi connectivity index (χ3n) is 5.20. The average Bonchev–Trinajstić information content (AvgIpc) is 2.63. The van der Waals surface area contributed by atoms with Crippen molar-refractivity contribution in [2.75, 3.05) is 13.2 Å². The Morgan fingerprint density at radius 3 is 2.64 bits per heavy atom. The summed E-state index contributed by atoms with van der Waals surface area (Å²) in [4.78, 5) is 12.1. The number of carbonyl (C=O) groups excluding carboxylic acids is 1. The van der Waals surface area contributed by atoms with E-state index in [4.69, 9.17) is 9.47 Å². The summed E-state index contributed by atoms with van der Waals surface area (Å²) in [6.07, 6.45) is 8.01. The molecule has 1 fully saturated rings. The number of nitrogens with one attached hydrogen (secondary N) is 2. The molecule has 1 aromatic carbocycles. The van der Waals surface area contributed by atoms with Gasteiger partial charge in [0.05, 0.1) is 0 Å². The summed E-state index contributed by atoms with van der Waals surface area (Å²) in [6.45, 7) is 3.37. The van der Waals surface area contributed by atoms with Gasteiger partial charge in [0.25, 0.3) is 0 Å². The van der Waals surface area contributed by atoms with Crippen molar-refractivity contribution in [3.63, 3.8) is 0 Å². The van der Waals surface area contributed by atoms with Crippen LogP contribution in [-0.4, -0.2) is 31.3 Å². The minimum atomic E-state index is -0.0592. The molecule has 1 aliphatic heterocycles. The lowest BCUT2D eigenvalue weighted by Gasteiger charge is -2.29. The Labute approximate surface area is 150 Å². The summed E-state index contributed by atoms with van der Waals surface area (Å²) in [5.74, 6) is 2.44. The van der Waals surface area contributed by atoms with Crippen LogP contribution in [0.3, 0.4) is 0 Å². The zero-order valence-corrected chi connectivity index (χ0v) is 15.1. The van der Waals surface area contributed by atoms with Gasteiger partial charge in [-0.3, -0.25) is 0 Å². The van der Waals surface area contributed by atoms with Crippen LogP contribution in [0.25, 0.3) is 0 Å². The molecule has 5 nitrogen and oxygen atoms in total. The number of carbonyl (C=O) groups is 1. The van der Waals surface area contributed by atoms with Crippen molar-refractivity contribution in [2.24, 2.45) is 5.92 Å². The predicted molar refractivity (Wildman–Crippen MR) is 98.2 cm³/mol. The molecule has 1 aliphatic carbocycles. The highest BCUT2D eigenvalue weighted by atomic mass is 16.6. The van der Waals surface area contributed by atoms with Crippen molar-refractivity contribution in [1.82, 2.24) is 10.6 Å². The van der Waals surface area contributed by atoms with E-state index in [0.29, 0.717) is 19.2 Å². The Balaban J connectivity index is 1.31. The van der Waals surface area contributed by atoms with Gasteiger partial charge < -0.3 is 20.1 Å². The van der Waals surface area contributed by atoms with Gasteiger partial charge in [-0.15, -0.1) is 0 Å². The highest BCUT2D eigenvalue weighted by molar-refractivity contribution is 5.74. The third kappa shape index (κ3) is 5.28. The second-order valence-corrected chi connectivity index (χ2v) is 7.19. The molecule has 1 aromatic rings. The average molecular weight is 346 g/mol. The summed E-state index contributed by atoms with van der Waals surface area (Å²) < 4.78 is 11.6. The highest BCUT2D eigenvalue weighted by Crippen LogP contribution is 2.31. The molecular formula is C20H30N2O3. The monoisotopic (exact) mass is 346 g/mol. The third-order valence-corrected chi connectivity index (χ3v) is 5.20. The topological polar surface area (TPSA) is 59.6 Å². The summed E-state index contributed by atoms with van der Waals surface area (Å²) in [6, 6.07) is 7.96. The van der Waals surface area contributed by atoms with Crippen LogP contribution in [0.4, 0.5) is 4.79 Å². The SMILES string of the molecule is CCCC1CCC(NC(=O)NCCC2COc3ccccc3O2)CC1. The van der Waals surface area contributed by atoms with Crippen LogP contribution < -0.4 is 20.1 Å². The van der Waals surface area contributed by atoms with Crippen molar-refractivity contribution < 1.29 is 14.3 Å². The largest absolute Gasteiger partial charge is 0.486 e. The second kappa shape index (κ2) is 8.97. The first-order chi connectivity index (χ1) is 12.2. The zero-order valence-electron chi connectivity index (χ0n) is 15.1. The number of ether oxygens (including phenoxy) is 2. The number of rotatable bonds is 6. The van der Waals surface area contributed by atoms with Crippen molar-refractivity contribution >= 4 is 6.03 Å². The maximum Gasteiger partial charge on any atom is 0.315 e. The van der Waals surface area contributed by atoms with Gasteiger partial charge in [0, 0.05) is 19.0 Å². The van der Waals surface area contributed by atoms with Crippen molar-refractivity contribution in [1.29, 1.82) is 0 Å². The second-order valence-electron chi connectivity index (χ2n) is 7.19. The number of amides is 2. The number of para-hydroxylation sites is 2. The molecule has 0 aromatic heterocycles. The molecule has 1 saturated carbocycles. The van der Waals surface area contributed by atoms with Crippen LogP contribution in [0.15, 0.2) is 24.3 Å². The first kappa shape index (κ1) is 17.9. The fourth-order valence-electron chi connectivity index (χ4n) is 3.79. The Kier molecular flexibility index (Phi) is 6.42. The molecule has 2 amide bonds. The molecule has 1 unspecified atom stereocenters. The molecular weight excluding hydrogens is 316 g/mol. The molecule has 1 atom stereocenters. The van der Waals surface area contributed by atoms with Gasteiger partial charge in [-0.25, -0.2) is 4.79 Å². The Morgan fingerprint density at radius 2 is 1.88 bits per heavy atom. The van der Waals surface area contributed by atoms with Gasteiger partial charge in [-0.05, 0) is 43.7 Å². The number of hydrogen-bond acceptors (Lipinski definition) is 3. The van der Waals surface area contributed by atoms with Gasteiger partial charge in [-0.1, -0.05) is 31.9 Å². The van der Waals surface area contributed by atoms with Crippen LogP contribution in [0.2, 0.25) is 0 Å². The molecule has 0 saturated heterocycles. The van der Waals surface area contributed by atoms with Crippen LogP contribution in [0, 0.1) is 5.92 Å². The van der Waals surface area contributed by atoms with E-state index in [9.17, 15) is 4.79 Å². The van der Waals surface area contributed by atoms with E-state index >= 15 is 0 Å². The van der Waals surface area contributed by atoms with E-state index in [-0.39, 0.29) is 12.1 Å². The number of hydrogen-bond donors (Lipinski definition) is 2. The van der Waals surface area contributed by atoms with Crippen molar-refractivity contribution in [2.45, 2.75) is 64.0 Å². The maximum absolute atomic E-state index is 12.1. The summed E-state index contributed by atoms with van der Waals surface area (Å²) in [5, 5.41) is 6.06. The summed E-state index contributed by atoms with van der Waals surface area (Å²) >= 11 is 0. The first-order valence-electron chi connectivity index (χ1n) is 9.67. The molecule has 2 N–H and O–H groups in total. The fourth-order valence-corrected chi connectivity index (χ4v) is 3.79. The summed E-state index contributed by atoms with van der Waals surface area (Å²) in [7, 11) is 0. The van der Waals surface area contributed by atoms with Gasteiger partial charge in [0.15, 0.2) is 11.5 Å². The van der Waals surface area contributed by atoms with Crippen LogP contribution in [-0.2, 0) is 0 Å². The molecule has 0 bridgehead atoms. The standard InChI is InChI=1S/C20H30N2O3/c1-2-5-15-8-10-16(11-9-15)22-20(23)21-13-12-17-14-24-18-6-3-4-7-19(18)25-17/h3-4,6-7,15-17H,2,5,8-14H2,1H3,(H2,21,22,23). The molecule has 5 heteroatoms. The number of urea groups is 1. The van der Waals surface area contributed by atoms with Crippen molar-refractivity contribution in [3.05, 3.63) is 24.3 Å². The minimum Gasteiger partial charge on any atom is -0.486 e. The van der Waals surface area contributed by atoms with Crippen molar-refractivity contribution in [3.8, 4) is 11.5 Å². The molecule has 0 spiro atoms. The van der Waals surface area contributed by atoms with E-state index in [1.807, 2.05) is 24.3 Å². The molecule has 25 heavy (non-hydrogen) atoms.